The Morgan fingerprint density at radius 1 is 1.10 bits per heavy atom. The number of aldehydes is 1. The summed E-state index contributed by atoms with van der Waals surface area (Å²) in [7, 11) is 4.56. The highest BCUT2D eigenvalue weighted by Gasteiger charge is 2.51. The molecule has 1 heterocycles. The third-order valence-electron chi connectivity index (χ3n) is 7.50. The van der Waals surface area contributed by atoms with Gasteiger partial charge in [-0.15, -0.1) is 0 Å². The number of carbonyl (C=O) groups is 3. The van der Waals surface area contributed by atoms with E-state index in [0.717, 1.165) is 5.56 Å². The minimum Gasteiger partial charge on any atom is -0.497 e. The van der Waals surface area contributed by atoms with E-state index in [1.165, 1.54) is 13.2 Å². The summed E-state index contributed by atoms with van der Waals surface area (Å²) in [6.07, 6.45) is 0.665. The topological polar surface area (TPSA) is 144 Å². The average Bonchev–Trinajstić information content (AvgIpc) is 3.39. The van der Waals surface area contributed by atoms with Gasteiger partial charge in [0.1, 0.15) is 30.0 Å². The van der Waals surface area contributed by atoms with E-state index >= 15 is 0 Å². The molecule has 2 amide bonds. The summed E-state index contributed by atoms with van der Waals surface area (Å²) >= 11 is 0. The van der Waals surface area contributed by atoms with E-state index in [0.29, 0.717) is 46.8 Å². The maximum absolute atomic E-state index is 13.4. The maximum Gasteiger partial charge on any atom is 0.247 e. The first-order valence-electron chi connectivity index (χ1n) is 13.4. The number of carbonyl (C=O) groups excluding carboxylic acids is 3. The molecule has 0 unspecified atom stereocenters. The number of ether oxygens (including phenoxy) is 4. The quantitative estimate of drug-likeness (QED) is 0.326. The number of fused-ring (bicyclic) bond motifs is 3. The molecule has 0 saturated carbocycles. The Morgan fingerprint density at radius 3 is 2.49 bits per heavy atom. The van der Waals surface area contributed by atoms with E-state index in [4.69, 9.17) is 18.9 Å². The van der Waals surface area contributed by atoms with Crippen molar-refractivity contribution in [3.05, 3.63) is 58.7 Å². The van der Waals surface area contributed by atoms with Gasteiger partial charge in [0.2, 0.25) is 11.8 Å². The zero-order chi connectivity index (χ0) is 29.7. The van der Waals surface area contributed by atoms with Gasteiger partial charge in [0, 0.05) is 36.2 Å². The van der Waals surface area contributed by atoms with Crippen LogP contribution in [-0.2, 0) is 16.0 Å². The van der Waals surface area contributed by atoms with Crippen molar-refractivity contribution in [1.29, 1.82) is 0 Å². The largest absolute Gasteiger partial charge is 0.497 e. The zero-order valence-electron chi connectivity index (χ0n) is 23.6. The highest BCUT2D eigenvalue weighted by molar-refractivity contribution is 5.96. The molecule has 3 N–H and O–H groups in total. The van der Waals surface area contributed by atoms with Crippen LogP contribution in [0.1, 0.15) is 40.7 Å². The summed E-state index contributed by atoms with van der Waals surface area (Å²) < 4.78 is 22.5. The summed E-state index contributed by atoms with van der Waals surface area (Å²) in [6.45, 7) is 1.69. The van der Waals surface area contributed by atoms with Crippen LogP contribution in [0.2, 0.25) is 0 Å². The number of aliphatic hydroxyl groups excluding tert-OH is 2. The highest BCUT2D eigenvalue weighted by atomic mass is 16.5. The molecule has 220 valence electrons. The van der Waals surface area contributed by atoms with Gasteiger partial charge in [0.05, 0.1) is 39.9 Å². The molecular formula is C30H36N2O9. The maximum atomic E-state index is 13.4. The lowest BCUT2D eigenvalue weighted by Crippen LogP contribution is -2.56. The number of benzene rings is 2. The van der Waals surface area contributed by atoms with Gasteiger partial charge in [-0.25, -0.2) is 0 Å². The lowest BCUT2D eigenvalue weighted by molar-refractivity contribution is -0.136. The Morgan fingerprint density at radius 2 is 1.85 bits per heavy atom. The van der Waals surface area contributed by atoms with Crippen molar-refractivity contribution in [1.82, 2.24) is 10.2 Å². The summed E-state index contributed by atoms with van der Waals surface area (Å²) in [5, 5.41) is 23.7. The zero-order valence-corrected chi connectivity index (χ0v) is 23.6. The molecule has 41 heavy (non-hydrogen) atoms. The Kier molecular flexibility index (Phi) is 9.51. The van der Waals surface area contributed by atoms with Crippen molar-refractivity contribution in [3.8, 4) is 23.0 Å². The van der Waals surface area contributed by atoms with Gasteiger partial charge in [-0.2, -0.15) is 0 Å². The van der Waals surface area contributed by atoms with Crippen molar-refractivity contribution < 1.29 is 43.5 Å². The lowest BCUT2D eigenvalue weighted by Gasteiger charge is -2.40. The van der Waals surface area contributed by atoms with Crippen LogP contribution in [0.15, 0.2) is 42.0 Å². The molecule has 1 aliphatic heterocycles. The fraction of sp³-hybridized carbons (Fsp3) is 0.433. The number of rotatable bonds is 12. The molecule has 0 spiro atoms. The molecule has 0 radical (unpaired) electrons. The van der Waals surface area contributed by atoms with Crippen LogP contribution < -0.4 is 24.3 Å². The Labute approximate surface area is 238 Å². The Bertz CT molecular complexity index is 1330. The second-order valence-electron chi connectivity index (χ2n) is 9.77. The number of nitrogens with one attached hydrogen (secondary N) is 1. The summed E-state index contributed by atoms with van der Waals surface area (Å²) in [5.41, 5.74) is 1.92. The van der Waals surface area contributed by atoms with Crippen LogP contribution in [0.4, 0.5) is 0 Å². The number of amides is 2. The summed E-state index contributed by atoms with van der Waals surface area (Å²) in [5.74, 6) is 0.450. The third kappa shape index (κ3) is 5.86. The minimum absolute atomic E-state index is 0.0133. The van der Waals surface area contributed by atoms with Crippen molar-refractivity contribution in [3.63, 3.8) is 0 Å². The van der Waals surface area contributed by atoms with Crippen LogP contribution in [0.25, 0.3) is 0 Å². The predicted octanol–water partition coefficient (Wildman–Crippen LogP) is 1.63. The SMILES string of the molecule is CCC(=O)N(CCc1cc(OC)ccc1OC)[C@@H]1C=C(C(=O)NCCO)[C@@H]2c3cc(C=O)cc(OC)c3O[C@@H]2[C@H]1O. The highest BCUT2D eigenvalue weighted by Crippen LogP contribution is 2.51. The van der Waals surface area contributed by atoms with E-state index in [9.17, 15) is 24.6 Å². The lowest BCUT2D eigenvalue weighted by atomic mass is 9.77. The summed E-state index contributed by atoms with van der Waals surface area (Å²) in [6, 6.07) is 7.63. The van der Waals surface area contributed by atoms with Gasteiger partial charge in [0.15, 0.2) is 11.5 Å². The standard InChI is InChI=1S/C30H36N2O9/c1-5-25(35)32(10-8-18-14-19(38-2)6-7-23(18)39-3)22-15-21(30(37)31-9-11-33)26-20-12-17(16-34)13-24(40-4)28(20)41-29(26)27(22)36/h6-7,12-16,22,26-27,29,33,36H,5,8-11H2,1-4H3,(H,31,37)/t22-,26+,27+,29+/m1/s1. The van der Waals surface area contributed by atoms with Crippen molar-refractivity contribution in [2.24, 2.45) is 0 Å². The second-order valence-corrected chi connectivity index (χ2v) is 9.77. The van der Waals surface area contributed by atoms with Gasteiger partial charge < -0.3 is 39.4 Å². The molecule has 4 atom stereocenters. The van der Waals surface area contributed by atoms with Crippen LogP contribution >= 0.6 is 0 Å². The monoisotopic (exact) mass is 568 g/mol. The van der Waals surface area contributed by atoms with Crippen LogP contribution in [0.5, 0.6) is 23.0 Å². The molecular weight excluding hydrogens is 532 g/mol. The van der Waals surface area contributed by atoms with Gasteiger partial charge in [-0.05, 0) is 48.4 Å². The van der Waals surface area contributed by atoms with Gasteiger partial charge in [-0.3, -0.25) is 14.4 Å². The molecule has 1 aliphatic carbocycles. The van der Waals surface area contributed by atoms with Crippen LogP contribution in [-0.4, -0.2) is 92.5 Å². The number of nitrogens with zero attached hydrogens (tertiary/aromatic N) is 1. The first-order valence-corrected chi connectivity index (χ1v) is 13.4. The normalized spacial score (nSPS) is 20.6. The molecule has 2 aromatic carbocycles. The average molecular weight is 569 g/mol. The van der Waals surface area contributed by atoms with E-state index in [1.54, 1.807) is 50.3 Å². The van der Waals surface area contributed by atoms with Gasteiger partial charge in [-0.1, -0.05) is 6.92 Å². The van der Waals surface area contributed by atoms with E-state index in [-0.39, 0.29) is 37.6 Å². The smallest absolute Gasteiger partial charge is 0.247 e. The molecule has 11 nitrogen and oxygen atoms in total. The third-order valence-corrected chi connectivity index (χ3v) is 7.50. The van der Waals surface area contributed by atoms with Crippen molar-refractivity contribution >= 4 is 18.1 Å². The van der Waals surface area contributed by atoms with E-state index < -0.39 is 30.1 Å². The second kappa shape index (κ2) is 13.0. The molecule has 11 heteroatoms. The number of aliphatic hydroxyl groups is 2. The molecule has 4 rings (SSSR count). The Hall–Kier alpha value is -4.09. The van der Waals surface area contributed by atoms with Gasteiger partial charge >= 0.3 is 0 Å². The predicted molar refractivity (Wildman–Crippen MR) is 149 cm³/mol. The van der Waals surface area contributed by atoms with Gasteiger partial charge in [0.25, 0.3) is 0 Å². The molecule has 0 aromatic heterocycles. The molecule has 0 saturated heterocycles. The molecule has 0 bridgehead atoms. The van der Waals surface area contributed by atoms with Crippen LogP contribution in [0.3, 0.4) is 0 Å². The number of methoxy groups -OCH3 is 3. The van der Waals surface area contributed by atoms with Crippen molar-refractivity contribution in [2.45, 2.75) is 43.9 Å². The van der Waals surface area contributed by atoms with E-state index in [2.05, 4.69) is 5.32 Å². The van der Waals surface area contributed by atoms with E-state index in [1.807, 2.05) is 6.07 Å². The Balaban J connectivity index is 1.76. The minimum atomic E-state index is -1.21. The van der Waals surface area contributed by atoms with Crippen LogP contribution in [0, 0.1) is 0 Å². The fourth-order valence-corrected chi connectivity index (χ4v) is 5.52. The summed E-state index contributed by atoms with van der Waals surface area (Å²) in [4.78, 5) is 39.9. The number of hydrogen-bond acceptors (Lipinski definition) is 9. The van der Waals surface area contributed by atoms with Crippen molar-refractivity contribution in [2.75, 3.05) is 41.0 Å². The molecule has 0 fully saturated rings. The number of hydrogen-bond donors (Lipinski definition) is 3. The molecule has 2 aromatic rings. The first-order chi connectivity index (χ1) is 19.8. The molecule has 2 aliphatic rings. The fourth-order valence-electron chi connectivity index (χ4n) is 5.52. The first kappa shape index (κ1) is 29.9.